The van der Waals surface area contributed by atoms with Gasteiger partial charge in [0, 0.05) is 44.9 Å². The van der Waals surface area contributed by atoms with E-state index in [0.717, 1.165) is 6.07 Å². The monoisotopic (exact) mass is 498 g/mol. The van der Waals surface area contributed by atoms with Gasteiger partial charge in [0.15, 0.2) is 0 Å². The van der Waals surface area contributed by atoms with Gasteiger partial charge in [-0.15, -0.1) is 0 Å². The van der Waals surface area contributed by atoms with Crippen molar-refractivity contribution in [1.82, 2.24) is 14.5 Å². The number of hydrogen-bond acceptors (Lipinski definition) is 7. The molecule has 184 valence electrons. The molecule has 0 spiro atoms. The SMILES string of the molecule is Cc1ccc([N+](=O)[O-])cc1S(=O)(=O)N1CCN(CC(=O)NCc2ccc(OC(F)F)cc2)CC1. The summed E-state index contributed by atoms with van der Waals surface area (Å²) in [6, 6.07) is 9.64. The number of halogens is 2. The highest BCUT2D eigenvalue weighted by Gasteiger charge is 2.31. The van der Waals surface area contributed by atoms with Gasteiger partial charge >= 0.3 is 6.61 Å². The van der Waals surface area contributed by atoms with Gasteiger partial charge < -0.3 is 10.1 Å². The number of hydrogen-bond donors (Lipinski definition) is 1. The van der Waals surface area contributed by atoms with Crippen molar-refractivity contribution >= 4 is 21.6 Å². The molecule has 1 aliphatic heterocycles. The number of ether oxygens (including phenoxy) is 1. The van der Waals surface area contributed by atoms with E-state index in [9.17, 15) is 32.1 Å². The summed E-state index contributed by atoms with van der Waals surface area (Å²) < 4.78 is 55.9. The molecule has 1 aliphatic rings. The van der Waals surface area contributed by atoms with E-state index in [1.54, 1.807) is 24.0 Å². The molecule has 1 amide bonds. The van der Waals surface area contributed by atoms with Crippen LogP contribution in [-0.2, 0) is 21.4 Å². The number of nitro benzene ring substituents is 1. The minimum Gasteiger partial charge on any atom is -0.435 e. The zero-order chi connectivity index (χ0) is 24.9. The van der Waals surface area contributed by atoms with Crippen LogP contribution in [0.2, 0.25) is 0 Å². The van der Waals surface area contributed by atoms with Gasteiger partial charge in [-0.3, -0.25) is 19.8 Å². The van der Waals surface area contributed by atoms with Crippen molar-refractivity contribution in [3.8, 4) is 5.75 Å². The number of amides is 1. The number of sulfonamides is 1. The number of nitrogens with zero attached hydrogens (tertiary/aromatic N) is 3. The molecule has 0 aromatic heterocycles. The molecule has 0 aliphatic carbocycles. The predicted molar refractivity (Wildman–Crippen MR) is 118 cm³/mol. The van der Waals surface area contributed by atoms with Crippen molar-refractivity contribution < 1.29 is 31.7 Å². The number of non-ortho nitro benzene ring substituents is 1. The molecule has 1 saturated heterocycles. The number of piperazine rings is 1. The van der Waals surface area contributed by atoms with Gasteiger partial charge in [0.2, 0.25) is 15.9 Å². The Balaban J connectivity index is 1.50. The highest BCUT2D eigenvalue weighted by molar-refractivity contribution is 7.89. The fourth-order valence-corrected chi connectivity index (χ4v) is 5.16. The lowest BCUT2D eigenvalue weighted by Crippen LogP contribution is -2.51. The van der Waals surface area contributed by atoms with Gasteiger partial charge in [-0.1, -0.05) is 18.2 Å². The number of rotatable bonds is 9. The number of aryl methyl sites for hydroxylation is 1. The Hall–Kier alpha value is -3.16. The molecular weight excluding hydrogens is 474 g/mol. The first-order valence-corrected chi connectivity index (χ1v) is 11.8. The van der Waals surface area contributed by atoms with Gasteiger partial charge in [0.1, 0.15) is 5.75 Å². The first-order chi connectivity index (χ1) is 16.1. The van der Waals surface area contributed by atoms with Crippen LogP contribution >= 0.6 is 0 Å². The van der Waals surface area contributed by atoms with Crippen molar-refractivity contribution in [2.75, 3.05) is 32.7 Å². The molecule has 1 heterocycles. The number of nitrogens with one attached hydrogen (secondary N) is 1. The topological polar surface area (TPSA) is 122 Å². The molecule has 13 heteroatoms. The quantitative estimate of drug-likeness (QED) is 0.415. The van der Waals surface area contributed by atoms with Crippen LogP contribution in [0.1, 0.15) is 11.1 Å². The molecule has 0 saturated carbocycles. The van der Waals surface area contributed by atoms with E-state index in [2.05, 4.69) is 10.1 Å². The normalized spacial score (nSPS) is 15.3. The first kappa shape index (κ1) is 25.5. The van der Waals surface area contributed by atoms with Crippen molar-refractivity contribution in [3.63, 3.8) is 0 Å². The summed E-state index contributed by atoms with van der Waals surface area (Å²) in [6.07, 6.45) is 0. The summed E-state index contributed by atoms with van der Waals surface area (Å²) in [4.78, 5) is 24.4. The summed E-state index contributed by atoms with van der Waals surface area (Å²) in [7, 11) is -3.91. The number of benzene rings is 2. The van der Waals surface area contributed by atoms with Gasteiger partial charge in [-0.05, 0) is 30.2 Å². The second kappa shape index (κ2) is 10.8. The molecule has 3 rings (SSSR count). The van der Waals surface area contributed by atoms with E-state index < -0.39 is 21.6 Å². The maximum atomic E-state index is 13.0. The predicted octanol–water partition coefficient (Wildman–Crippen LogP) is 2.13. The van der Waals surface area contributed by atoms with Gasteiger partial charge in [-0.2, -0.15) is 13.1 Å². The highest BCUT2D eigenvalue weighted by atomic mass is 32.2. The lowest BCUT2D eigenvalue weighted by molar-refractivity contribution is -0.385. The second-order valence-corrected chi connectivity index (χ2v) is 9.59. The van der Waals surface area contributed by atoms with E-state index in [0.29, 0.717) is 24.2 Å². The maximum absolute atomic E-state index is 13.0. The van der Waals surface area contributed by atoms with Crippen molar-refractivity contribution in [2.24, 2.45) is 0 Å². The first-order valence-electron chi connectivity index (χ1n) is 10.3. The molecule has 0 radical (unpaired) electrons. The number of carbonyl (C=O) groups excluding carboxylic acids is 1. The molecule has 2 aromatic rings. The van der Waals surface area contributed by atoms with Crippen LogP contribution < -0.4 is 10.1 Å². The number of carbonyl (C=O) groups is 1. The largest absolute Gasteiger partial charge is 0.435 e. The van der Waals surface area contributed by atoms with Crippen LogP contribution in [0.3, 0.4) is 0 Å². The summed E-state index contributed by atoms with van der Waals surface area (Å²) >= 11 is 0. The fraction of sp³-hybridized carbons (Fsp3) is 0.381. The lowest BCUT2D eigenvalue weighted by atomic mass is 10.2. The zero-order valence-corrected chi connectivity index (χ0v) is 19.1. The third kappa shape index (κ3) is 6.46. The molecule has 10 nitrogen and oxygen atoms in total. The minimum absolute atomic E-state index is 0.0261. The van der Waals surface area contributed by atoms with Gasteiger partial charge in [-0.25, -0.2) is 8.42 Å². The van der Waals surface area contributed by atoms with E-state index in [-0.39, 0.29) is 48.4 Å². The Kier molecular flexibility index (Phi) is 8.12. The Morgan fingerprint density at radius 3 is 2.38 bits per heavy atom. The summed E-state index contributed by atoms with van der Waals surface area (Å²) in [5, 5.41) is 13.8. The third-order valence-electron chi connectivity index (χ3n) is 5.34. The summed E-state index contributed by atoms with van der Waals surface area (Å²) in [5.41, 5.74) is 0.829. The maximum Gasteiger partial charge on any atom is 0.387 e. The van der Waals surface area contributed by atoms with Crippen LogP contribution in [0.4, 0.5) is 14.5 Å². The average Bonchev–Trinajstić information content (AvgIpc) is 2.78. The molecule has 2 aromatic carbocycles. The third-order valence-corrected chi connectivity index (χ3v) is 7.38. The van der Waals surface area contributed by atoms with Crippen LogP contribution in [0.15, 0.2) is 47.4 Å². The number of nitro groups is 1. The highest BCUT2D eigenvalue weighted by Crippen LogP contribution is 2.25. The Labute approximate surface area is 195 Å². The molecule has 0 bridgehead atoms. The molecule has 34 heavy (non-hydrogen) atoms. The lowest BCUT2D eigenvalue weighted by Gasteiger charge is -2.33. The van der Waals surface area contributed by atoms with Crippen molar-refractivity contribution in [1.29, 1.82) is 0 Å². The van der Waals surface area contributed by atoms with Crippen LogP contribution in [0.5, 0.6) is 5.75 Å². The smallest absolute Gasteiger partial charge is 0.387 e. The van der Waals surface area contributed by atoms with Crippen molar-refractivity contribution in [3.05, 3.63) is 63.7 Å². The molecule has 0 unspecified atom stereocenters. The van der Waals surface area contributed by atoms with E-state index >= 15 is 0 Å². The van der Waals surface area contributed by atoms with Gasteiger partial charge in [0.05, 0.1) is 16.4 Å². The fourth-order valence-electron chi connectivity index (χ4n) is 3.50. The Morgan fingerprint density at radius 1 is 1.15 bits per heavy atom. The summed E-state index contributed by atoms with van der Waals surface area (Å²) in [5.74, 6) is -0.239. The van der Waals surface area contributed by atoms with Crippen molar-refractivity contribution in [2.45, 2.75) is 25.0 Å². The molecular formula is C21H24F2N4O6S. The van der Waals surface area contributed by atoms with Crippen LogP contribution in [0.25, 0.3) is 0 Å². The minimum atomic E-state index is -3.91. The van der Waals surface area contributed by atoms with Gasteiger partial charge in [0.25, 0.3) is 5.69 Å². The summed E-state index contributed by atoms with van der Waals surface area (Å²) in [6.45, 7) is -0.134. The van der Waals surface area contributed by atoms with E-state index in [4.69, 9.17) is 0 Å². The standard InChI is InChI=1S/C21H24F2N4O6S/c1-15-2-5-17(27(29)30)12-19(15)34(31,32)26-10-8-25(9-11-26)14-20(28)24-13-16-3-6-18(7-4-16)33-21(22)23/h2-7,12,21H,8-11,13-14H2,1H3,(H,24,28). The Morgan fingerprint density at radius 2 is 1.79 bits per heavy atom. The molecule has 1 fully saturated rings. The number of alkyl halides is 2. The Bertz CT molecular complexity index is 1140. The molecule has 1 N–H and O–H groups in total. The van der Waals surface area contributed by atoms with E-state index in [1.165, 1.54) is 28.6 Å². The zero-order valence-electron chi connectivity index (χ0n) is 18.3. The molecule has 0 atom stereocenters. The van der Waals surface area contributed by atoms with Crippen LogP contribution in [-0.4, -0.2) is 67.8 Å². The van der Waals surface area contributed by atoms with E-state index in [1.807, 2.05) is 0 Å². The second-order valence-electron chi connectivity index (χ2n) is 7.69. The average molecular weight is 499 g/mol. The van der Waals surface area contributed by atoms with Crippen LogP contribution in [0, 0.1) is 17.0 Å².